The molecule has 2 nitrogen and oxygen atoms in total. The first-order valence-corrected chi connectivity index (χ1v) is 7.17. The Morgan fingerprint density at radius 3 is 3.00 bits per heavy atom. The number of rotatable bonds is 0. The van der Waals surface area contributed by atoms with Gasteiger partial charge in [0.25, 0.3) is 0 Å². The molecule has 4 rings (SSSR count). The molecule has 1 aromatic heterocycles. The van der Waals surface area contributed by atoms with E-state index in [1.807, 2.05) is 0 Å². The maximum absolute atomic E-state index is 3.48. The number of benzene rings is 1. The molecule has 0 saturated heterocycles. The minimum atomic E-state index is 0.561. The fourth-order valence-corrected chi connectivity index (χ4v) is 3.89. The Balaban J connectivity index is 2.03. The van der Waals surface area contributed by atoms with E-state index in [4.69, 9.17) is 0 Å². The molecular weight excluding hydrogens is 232 g/mol. The molecule has 0 bridgehead atoms. The first kappa shape index (κ1) is 11.3. The van der Waals surface area contributed by atoms with Gasteiger partial charge in [-0.3, -0.25) is 4.90 Å². The lowest BCUT2D eigenvalue weighted by molar-refractivity contribution is 0.252. The molecule has 1 N–H and O–H groups in total. The van der Waals surface area contributed by atoms with Crippen LogP contribution in [-0.2, 0) is 6.42 Å². The van der Waals surface area contributed by atoms with Gasteiger partial charge in [0.05, 0.1) is 0 Å². The second-order valence-corrected chi connectivity index (χ2v) is 6.25. The topological polar surface area (TPSA) is 19.0 Å². The van der Waals surface area contributed by atoms with Crippen molar-refractivity contribution in [3.63, 3.8) is 0 Å². The van der Waals surface area contributed by atoms with Crippen molar-refractivity contribution in [2.75, 3.05) is 13.6 Å². The first-order chi connectivity index (χ1) is 9.15. The fourth-order valence-electron chi connectivity index (χ4n) is 3.89. The Bertz CT molecular complexity index is 693. The summed E-state index contributed by atoms with van der Waals surface area (Å²) in [6, 6.07) is 5.13. The van der Waals surface area contributed by atoms with Gasteiger partial charge in [0.15, 0.2) is 0 Å². The molecule has 1 aliphatic carbocycles. The van der Waals surface area contributed by atoms with Crippen molar-refractivity contribution in [1.82, 2.24) is 9.88 Å². The molecule has 2 atom stereocenters. The zero-order chi connectivity index (χ0) is 13.1. The van der Waals surface area contributed by atoms with Crippen molar-refractivity contribution in [2.45, 2.75) is 26.3 Å². The third-order valence-electron chi connectivity index (χ3n) is 4.78. The second kappa shape index (κ2) is 3.73. The summed E-state index contributed by atoms with van der Waals surface area (Å²) in [4.78, 5) is 5.99. The number of hydrogen-bond acceptors (Lipinski definition) is 1. The van der Waals surface area contributed by atoms with Gasteiger partial charge in [-0.1, -0.05) is 25.1 Å². The van der Waals surface area contributed by atoms with E-state index in [1.54, 1.807) is 5.57 Å². The second-order valence-electron chi connectivity index (χ2n) is 6.25. The van der Waals surface area contributed by atoms with Crippen molar-refractivity contribution in [2.24, 2.45) is 5.92 Å². The molecule has 0 saturated carbocycles. The van der Waals surface area contributed by atoms with Crippen LogP contribution in [0.4, 0.5) is 0 Å². The van der Waals surface area contributed by atoms with Gasteiger partial charge in [0.2, 0.25) is 0 Å². The summed E-state index contributed by atoms with van der Waals surface area (Å²) in [5, 5.41) is 1.46. The highest BCUT2D eigenvalue weighted by atomic mass is 15.1. The molecule has 0 radical (unpaired) electrons. The van der Waals surface area contributed by atoms with Crippen LogP contribution in [0.15, 0.2) is 24.4 Å². The minimum Gasteiger partial charge on any atom is -0.361 e. The molecule has 19 heavy (non-hydrogen) atoms. The predicted molar refractivity (Wildman–Crippen MR) is 80.3 cm³/mol. The van der Waals surface area contributed by atoms with E-state index in [0.29, 0.717) is 12.0 Å². The van der Waals surface area contributed by atoms with Gasteiger partial charge < -0.3 is 4.98 Å². The summed E-state index contributed by atoms with van der Waals surface area (Å²) in [6.45, 7) is 5.68. The highest BCUT2D eigenvalue weighted by Gasteiger charge is 2.32. The molecule has 1 aromatic carbocycles. The van der Waals surface area contributed by atoms with Gasteiger partial charge >= 0.3 is 0 Å². The lowest BCUT2D eigenvalue weighted by Crippen LogP contribution is -2.41. The van der Waals surface area contributed by atoms with Gasteiger partial charge in [-0.25, -0.2) is 0 Å². The first-order valence-electron chi connectivity index (χ1n) is 7.17. The van der Waals surface area contributed by atoms with Gasteiger partial charge in [-0.2, -0.15) is 0 Å². The summed E-state index contributed by atoms with van der Waals surface area (Å²) >= 11 is 0. The van der Waals surface area contributed by atoms with Gasteiger partial charge in [-0.05, 0) is 48.6 Å². The zero-order valence-corrected chi connectivity index (χ0v) is 11.8. The Morgan fingerprint density at radius 2 is 2.16 bits per heavy atom. The number of H-pyrrole nitrogens is 1. The number of aromatic nitrogens is 1. The molecular formula is C17H20N2. The van der Waals surface area contributed by atoms with E-state index in [2.05, 4.69) is 55.2 Å². The van der Waals surface area contributed by atoms with Crippen molar-refractivity contribution in [3.05, 3.63) is 41.1 Å². The molecule has 0 spiro atoms. The number of likely N-dealkylation sites (N-methyl/N-ethyl adjacent to an activating group) is 1. The van der Waals surface area contributed by atoms with Crippen LogP contribution in [0.2, 0.25) is 0 Å². The van der Waals surface area contributed by atoms with Crippen LogP contribution in [0.1, 0.15) is 23.6 Å². The number of aromatic amines is 1. The summed E-state index contributed by atoms with van der Waals surface area (Å²) in [7, 11) is 2.26. The number of nitrogens with zero attached hydrogens (tertiary/aromatic N) is 1. The number of aryl methyl sites for hydroxylation is 1. The molecule has 98 valence electrons. The average Bonchev–Trinajstić information content (AvgIpc) is 2.79. The molecule has 2 aromatic rings. The van der Waals surface area contributed by atoms with Gasteiger partial charge in [0.1, 0.15) is 0 Å². The molecule has 0 unspecified atom stereocenters. The Morgan fingerprint density at radius 1 is 1.32 bits per heavy atom. The van der Waals surface area contributed by atoms with E-state index in [9.17, 15) is 0 Å². The van der Waals surface area contributed by atoms with Crippen LogP contribution >= 0.6 is 0 Å². The van der Waals surface area contributed by atoms with Gasteiger partial charge in [0, 0.05) is 29.7 Å². The van der Waals surface area contributed by atoms with Crippen molar-refractivity contribution in [3.8, 4) is 0 Å². The number of fused-ring (bicyclic) bond motifs is 2. The molecule has 0 fully saturated rings. The van der Waals surface area contributed by atoms with Crippen molar-refractivity contribution >= 4 is 16.5 Å². The largest absolute Gasteiger partial charge is 0.361 e. The molecule has 2 heterocycles. The third-order valence-corrected chi connectivity index (χ3v) is 4.78. The van der Waals surface area contributed by atoms with E-state index in [0.717, 1.165) is 6.42 Å². The van der Waals surface area contributed by atoms with Crippen LogP contribution in [-0.4, -0.2) is 29.5 Å². The zero-order valence-electron chi connectivity index (χ0n) is 11.8. The SMILES string of the molecule is Cc1ccc2c3c(c[nH]c13)C[C@@H]1C2=C[C@H](C)CN1C. The summed E-state index contributed by atoms with van der Waals surface area (Å²) in [5.41, 5.74) is 7.15. The predicted octanol–water partition coefficient (Wildman–Crippen LogP) is 3.37. The molecule has 2 aliphatic rings. The lowest BCUT2D eigenvalue weighted by Gasteiger charge is -2.39. The van der Waals surface area contributed by atoms with E-state index in [1.165, 1.54) is 34.1 Å². The van der Waals surface area contributed by atoms with Gasteiger partial charge in [-0.15, -0.1) is 0 Å². The minimum absolute atomic E-state index is 0.561. The third kappa shape index (κ3) is 1.47. The average molecular weight is 252 g/mol. The van der Waals surface area contributed by atoms with Crippen LogP contribution < -0.4 is 0 Å². The monoisotopic (exact) mass is 252 g/mol. The van der Waals surface area contributed by atoms with Crippen LogP contribution in [0, 0.1) is 12.8 Å². The lowest BCUT2D eigenvalue weighted by atomic mass is 9.80. The number of nitrogens with one attached hydrogen (secondary N) is 1. The highest BCUT2D eigenvalue weighted by molar-refractivity contribution is 5.99. The smallest absolute Gasteiger partial charge is 0.0492 e. The standard InChI is InChI=1S/C17H20N2/c1-10-6-14-13-5-4-11(2)17-16(13)12(8-18-17)7-15(14)19(3)9-10/h4-6,8,10,15,18H,7,9H2,1-3H3/t10-,15+/m0/s1. The Hall–Kier alpha value is -1.54. The molecule has 0 amide bonds. The Kier molecular flexibility index (Phi) is 2.22. The van der Waals surface area contributed by atoms with Crippen LogP contribution in [0.5, 0.6) is 0 Å². The maximum Gasteiger partial charge on any atom is 0.0492 e. The van der Waals surface area contributed by atoms with E-state index >= 15 is 0 Å². The summed E-state index contributed by atoms with van der Waals surface area (Å²) in [5.74, 6) is 0.646. The quantitative estimate of drug-likeness (QED) is 0.761. The fraction of sp³-hybridized carbons (Fsp3) is 0.412. The summed E-state index contributed by atoms with van der Waals surface area (Å²) in [6.07, 6.45) is 5.85. The van der Waals surface area contributed by atoms with Crippen LogP contribution in [0.25, 0.3) is 16.5 Å². The molecule has 2 heteroatoms. The highest BCUT2D eigenvalue weighted by Crippen LogP contribution is 2.41. The van der Waals surface area contributed by atoms with Crippen molar-refractivity contribution < 1.29 is 0 Å². The van der Waals surface area contributed by atoms with Crippen LogP contribution in [0.3, 0.4) is 0 Å². The van der Waals surface area contributed by atoms with E-state index < -0.39 is 0 Å². The van der Waals surface area contributed by atoms with Crippen molar-refractivity contribution in [1.29, 1.82) is 0 Å². The van der Waals surface area contributed by atoms with E-state index in [-0.39, 0.29) is 0 Å². The Labute approximate surface area is 114 Å². The normalized spacial score (nSPS) is 26.4. The maximum atomic E-state index is 3.48. The molecule has 1 aliphatic heterocycles. The summed E-state index contributed by atoms with van der Waals surface area (Å²) < 4.78 is 0. The number of hydrogen-bond donors (Lipinski definition) is 1.